The fourth-order valence-electron chi connectivity index (χ4n) is 5.46. The minimum absolute atomic E-state index is 0.0566. The molecule has 0 atom stereocenters. The first-order chi connectivity index (χ1) is 20.8. The van der Waals surface area contributed by atoms with Crippen molar-refractivity contribution in [1.29, 1.82) is 0 Å². The number of piperidine rings is 1. The Morgan fingerprint density at radius 2 is 1.63 bits per heavy atom. The van der Waals surface area contributed by atoms with E-state index in [1.807, 2.05) is 54.6 Å². The molecule has 0 aliphatic carbocycles. The van der Waals surface area contributed by atoms with Gasteiger partial charge in [0.15, 0.2) is 0 Å². The molecule has 1 fully saturated rings. The second-order valence-electron chi connectivity index (χ2n) is 10.6. The summed E-state index contributed by atoms with van der Waals surface area (Å²) in [6.07, 6.45) is 3.50. The fraction of sp³-hybridized carbons (Fsp3) is 0.333. The zero-order valence-electron chi connectivity index (χ0n) is 25.0. The molecule has 10 heteroatoms. The topological polar surface area (TPSA) is 100 Å². The van der Waals surface area contributed by atoms with Crippen molar-refractivity contribution in [2.24, 2.45) is 0 Å². The Kier molecular flexibility index (Phi) is 9.78. The number of amides is 2. The molecule has 5 rings (SSSR count). The van der Waals surface area contributed by atoms with Crippen LogP contribution in [0.25, 0.3) is 11.3 Å². The van der Waals surface area contributed by atoms with Crippen molar-refractivity contribution in [3.8, 4) is 0 Å². The lowest BCUT2D eigenvalue weighted by Gasteiger charge is -2.28. The van der Waals surface area contributed by atoms with E-state index in [4.69, 9.17) is 9.05 Å². The normalized spacial score (nSPS) is 16.4. The van der Waals surface area contributed by atoms with Gasteiger partial charge in [0, 0.05) is 29.7 Å². The lowest BCUT2D eigenvalue weighted by Crippen LogP contribution is -2.40. The number of carbonyl (C=O) groups is 2. The van der Waals surface area contributed by atoms with E-state index in [-0.39, 0.29) is 25.0 Å². The monoisotopic (exact) mass is 602 g/mol. The first kappa shape index (κ1) is 30.7. The number of hydrogen-bond acceptors (Lipinski definition) is 7. The predicted octanol–water partition coefficient (Wildman–Crippen LogP) is 5.96. The van der Waals surface area contributed by atoms with Gasteiger partial charge in [0.25, 0.3) is 5.91 Å². The number of fused-ring (bicyclic) bond motifs is 1. The second-order valence-corrected chi connectivity index (χ2v) is 12.6. The van der Waals surface area contributed by atoms with Crippen LogP contribution in [-0.4, -0.2) is 56.6 Å². The molecule has 1 saturated heterocycles. The van der Waals surface area contributed by atoms with Crippen LogP contribution in [0.4, 0.5) is 17.1 Å². The number of likely N-dealkylation sites (N-methyl/N-ethyl adjacent to an activating group) is 1. The number of carbonyl (C=O) groups excluding carboxylic acids is 2. The Labute approximate surface area is 253 Å². The molecule has 43 heavy (non-hydrogen) atoms. The van der Waals surface area contributed by atoms with Crippen molar-refractivity contribution in [2.75, 3.05) is 55.4 Å². The van der Waals surface area contributed by atoms with Crippen molar-refractivity contribution in [1.82, 2.24) is 4.90 Å². The summed E-state index contributed by atoms with van der Waals surface area (Å²) in [5, 5.41) is 6.78. The number of rotatable bonds is 11. The number of likely N-dealkylation sites (tertiary alicyclic amines) is 1. The maximum Gasteiger partial charge on any atom is 0.361 e. The molecule has 2 amide bonds. The molecule has 0 spiro atoms. The average Bonchev–Trinajstić information content (AvgIpc) is 3.35. The van der Waals surface area contributed by atoms with Gasteiger partial charge in [0.05, 0.1) is 36.3 Å². The summed E-state index contributed by atoms with van der Waals surface area (Å²) in [6.45, 7) is 6.32. The molecule has 226 valence electrons. The van der Waals surface area contributed by atoms with Crippen molar-refractivity contribution >= 4 is 53.0 Å². The summed E-state index contributed by atoms with van der Waals surface area (Å²) < 4.78 is 24.7. The molecule has 3 aromatic carbocycles. The molecule has 3 aromatic rings. The third-order valence-electron chi connectivity index (χ3n) is 7.68. The van der Waals surface area contributed by atoms with Crippen molar-refractivity contribution in [2.45, 2.75) is 33.1 Å². The molecule has 0 aromatic heterocycles. The Morgan fingerprint density at radius 1 is 0.953 bits per heavy atom. The Hall–Kier alpha value is -3.75. The SMILES string of the molecule is CCOP(=O)(OCC)c1ccc2c(c1)C(=C(Nc1ccc(N(C)C(=O)CN3CCCCC3)cc1)c1ccccc1)C(=O)N2. The molecule has 0 unspecified atom stereocenters. The number of hydrogen-bond donors (Lipinski definition) is 2. The van der Waals surface area contributed by atoms with Gasteiger partial charge in [-0.25, -0.2) is 0 Å². The smallest absolute Gasteiger partial charge is 0.354 e. The molecule has 2 heterocycles. The van der Waals surface area contributed by atoms with E-state index in [9.17, 15) is 14.2 Å². The summed E-state index contributed by atoms with van der Waals surface area (Å²) in [7, 11) is -1.77. The van der Waals surface area contributed by atoms with Gasteiger partial charge in [0.2, 0.25) is 5.91 Å². The second kappa shape index (κ2) is 13.7. The highest BCUT2D eigenvalue weighted by molar-refractivity contribution is 7.62. The molecule has 2 aliphatic rings. The van der Waals surface area contributed by atoms with Crippen LogP contribution in [0.5, 0.6) is 0 Å². The largest absolute Gasteiger partial charge is 0.361 e. The highest BCUT2D eigenvalue weighted by Gasteiger charge is 2.33. The van der Waals surface area contributed by atoms with E-state index in [1.54, 1.807) is 44.0 Å². The Balaban J connectivity index is 1.47. The van der Waals surface area contributed by atoms with E-state index in [0.29, 0.717) is 34.4 Å². The molecule has 2 aliphatic heterocycles. The van der Waals surface area contributed by atoms with Gasteiger partial charge in [0.1, 0.15) is 0 Å². The predicted molar refractivity (Wildman–Crippen MR) is 173 cm³/mol. The van der Waals surface area contributed by atoms with Gasteiger partial charge in [-0.1, -0.05) is 36.8 Å². The highest BCUT2D eigenvalue weighted by Crippen LogP contribution is 2.48. The van der Waals surface area contributed by atoms with Gasteiger partial charge < -0.3 is 24.6 Å². The third-order valence-corrected chi connectivity index (χ3v) is 9.79. The van der Waals surface area contributed by atoms with Gasteiger partial charge >= 0.3 is 7.60 Å². The van der Waals surface area contributed by atoms with Crippen molar-refractivity contribution in [3.63, 3.8) is 0 Å². The van der Waals surface area contributed by atoms with Crippen molar-refractivity contribution in [3.05, 3.63) is 83.9 Å². The van der Waals surface area contributed by atoms with Crippen LogP contribution in [0.3, 0.4) is 0 Å². The number of nitrogens with zero attached hydrogens (tertiary/aromatic N) is 2. The summed E-state index contributed by atoms with van der Waals surface area (Å²) in [4.78, 5) is 30.3. The summed E-state index contributed by atoms with van der Waals surface area (Å²) in [5.74, 6) is -0.220. The standard InChI is InChI=1S/C33H39N4O5P/c1-4-41-43(40,42-5-2)27-18-19-29-28(22-27)31(33(39)35-29)32(24-12-8-6-9-13-24)34-25-14-16-26(17-15-25)36(3)30(38)23-37-20-10-7-11-21-37/h6,8-9,12-19,22,34H,4-5,7,10-11,20-21,23H2,1-3H3,(H,35,39). The zero-order chi connectivity index (χ0) is 30.4. The van der Waals surface area contributed by atoms with Crippen LogP contribution >= 0.6 is 7.60 Å². The minimum atomic E-state index is -3.57. The highest BCUT2D eigenvalue weighted by atomic mass is 31.2. The molecule has 2 N–H and O–H groups in total. The minimum Gasteiger partial charge on any atom is -0.354 e. The Morgan fingerprint density at radius 3 is 2.28 bits per heavy atom. The lowest BCUT2D eigenvalue weighted by atomic mass is 10.00. The fourth-order valence-corrected chi connectivity index (χ4v) is 7.05. The molecular formula is C33H39N4O5P. The van der Waals surface area contributed by atoms with Crippen LogP contribution in [-0.2, 0) is 23.2 Å². The zero-order valence-corrected chi connectivity index (χ0v) is 25.9. The van der Waals surface area contributed by atoms with Crippen LogP contribution in [0.2, 0.25) is 0 Å². The molecular weight excluding hydrogens is 563 g/mol. The van der Waals surface area contributed by atoms with Gasteiger partial charge in [-0.2, -0.15) is 0 Å². The van der Waals surface area contributed by atoms with E-state index in [0.717, 1.165) is 42.9 Å². The maximum absolute atomic E-state index is 13.6. The molecule has 0 bridgehead atoms. The summed E-state index contributed by atoms with van der Waals surface area (Å²) >= 11 is 0. The van der Waals surface area contributed by atoms with Crippen molar-refractivity contribution < 1.29 is 23.2 Å². The summed E-state index contributed by atoms with van der Waals surface area (Å²) in [5.41, 5.74) is 4.58. The average molecular weight is 603 g/mol. The van der Waals surface area contributed by atoms with Crippen LogP contribution in [0, 0.1) is 0 Å². The van der Waals surface area contributed by atoms with Crippen LogP contribution in [0.15, 0.2) is 72.8 Å². The maximum atomic E-state index is 13.6. The first-order valence-corrected chi connectivity index (χ1v) is 16.4. The number of benzene rings is 3. The van der Waals surface area contributed by atoms with E-state index in [2.05, 4.69) is 15.5 Å². The van der Waals surface area contributed by atoms with E-state index in [1.165, 1.54) is 6.42 Å². The lowest BCUT2D eigenvalue weighted by molar-refractivity contribution is -0.119. The Bertz CT molecular complexity index is 1520. The first-order valence-electron chi connectivity index (χ1n) is 14.8. The summed E-state index contributed by atoms with van der Waals surface area (Å²) in [6, 6.07) is 22.3. The molecule has 0 saturated carbocycles. The quantitative estimate of drug-likeness (QED) is 0.206. The molecule has 0 radical (unpaired) electrons. The van der Waals surface area contributed by atoms with Gasteiger partial charge in [-0.15, -0.1) is 0 Å². The number of anilines is 3. The van der Waals surface area contributed by atoms with E-state index < -0.39 is 7.60 Å². The van der Waals surface area contributed by atoms with Crippen LogP contribution in [0.1, 0.15) is 44.2 Å². The van der Waals surface area contributed by atoms with E-state index >= 15 is 0 Å². The van der Waals surface area contributed by atoms with Crippen LogP contribution < -0.4 is 20.8 Å². The third kappa shape index (κ3) is 6.92. The van der Waals surface area contributed by atoms with Gasteiger partial charge in [-0.05, 0) is 87.8 Å². The molecule has 9 nitrogen and oxygen atoms in total. The number of nitrogens with one attached hydrogen (secondary N) is 2. The van der Waals surface area contributed by atoms with Gasteiger partial charge in [-0.3, -0.25) is 19.1 Å².